The molecule has 0 radical (unpaired) electrons. The Hall–Kier alpha value is -0.190. The predicted molar refractivity (Wildman–Crippen MR) is 67.9 cm³/mol. The molecular formula is C10H9BrOS2. The molecule has 0 amide bonds. The third-order valence-electron chi connectivity index (χ3n) is 1.88. The summed E-state index contributed by atoms with van der Waals surface area (Å²) in [4.78, 5) is 0.948. The van der Waals surface area contributed by atoms with Crippen LogP contribution in [-0.2, 0) is 0 Å². The Bertz CT molecular complexity index is 464. The molecule has 1 nitrogen and oxygen atoms in total. The van der Waals surface area contributed by atoms with Gasteiger partial charge in [-0.2, -0.15) is 0 Å². The molecule has 0 aliphatic heterocycles. The summed E-state index contributed by atoms with van der Waals surface area (Å²) >= 11 is 9.54. The number of fused-ring (bicyclic) bond motifs is 1. The molecule has 74 valence electrons. The number of benzene rings is 1. The first-order valence-corrected chi connectivity index (χ1v) is 6.37. The summed E-state index contributed by atoms with van der Waals surface area (Å²) in [6.45, 7) is 2.68. The second-order valence-corrected chi connectivity index (χ2v) is 5.09. The van der Waals surface area contributed by atoms with Crippen molar-refractivity contribution in [3.63, 3.8) is 0 Å². The highest BCUT2D eigenvalue weighted by Gasteiger charge is 2.08. The number of halogens is 1. The van der Waals surface area contributed by atoms with E-state index in [0.29, 0.717) is 6.61 Å². The van der Waals surface area contributed by atoms with Gasteiger partial charge in [-0.3, -0.25) is 0 Å². The van der Waals surface area contributed by atoms with Crippen molar-refractivity contribution >= 4 is 50.0 Å². The number of thiol groups is 1. The minimum absolute atomic E-state index is 0.695. The molecule has 2 aromatic rings. The molecule has 1 heterocycles. The summed E-state index contributed by atoms with van der Waals surface area (Å²) in [5, 5.41) is 3.17. The Morgan fingerprint density at radius 3 is 3.00 bits per heavy atom. The van der Waals surface area contributed by atoms with Crippen molar-refractivity contribution in [3.8, 4) is 5.75 Å². The number of rotatable bonds is 2. The Morgan fingerprint density at radius 1 is 1.50 bits per heavy atom. The van der Waals surface area contributed by atoms with Crippen LogP contribution in [0.1, 0.15) is 6.92 Å². The van der Waals surface area contributed by atoms with E-state index in [9.17, 15) is 0 Å². The topological polar surface area (TPSA) is 9.23 Å². The fourth-order valence-corrected chi connectivity index (χ4v) is 3.38. The molecule has 0 bridgehead atoms. The highest BCUT2D eigenvalue weighted by molar-refractivity contribution is 9.10. The van der Waals surface area contributed by atoms with E-state index in [1.807, 2.05) is 24.4 Å². The summed E-state index contributed by atoms with van der Waals surface area (Å²) in [7, 11) is 0. The van der Waals surface area contributed by atoms with Crippen LogP contribution in [0, 0.1) is 0 Å². The molecule has 0 aliphatic carbocycles. The molecule has 0 spiro atoms. The van der Waals surface area contributed by atoms with Gasteiger partial charge in [0.25, 0.3) is 0 Å². The van der Waals surface area contributed by atoms with Gasteiger partial charge in [-0.15, -0.1) is 24.0 Å². The molecule has 0 N–H and O–H groups in total. The first-order valence-electron chi connectivity index (χ1n) is 4.25. The standard InChI is InChI=1S/C10H9BrOS2/c1-2-12-9-5-14-10-7(9)3-6(13)4-8(10)11/h3-5,13H,2H2,1H3. The Balaban J connectivity index is 2.66. The van der Waals surface area contributed by atoms with E-state index >= 15 is 0 Å². The summed E-state index contributed by atoms with van der Waals surface area (Å²) in [6, 6.07) is 4.03. The van der Waals surface area contributed by atoms with Gasteiger partial charge in [0.1, 0.15) is 5.75 Å². The maximum atomic E-state index is 5.52. The zero-order valence-corrected chi connectivity index (χ0v) is 10.9. The van der Waals surface area contributed by atoms with Crippen molar-refractivity contribution in [1.29, 1.82) is 0 Å². The van der Waals surface area contributed by atoms with E-state index < -0.39 is 0 Å². The predicted octanol–water partition coefficient (Wildman–Crippen LogP) is 4.35. The first kappa shape index (κ1) is 10.3. The van der Waals surface area contributed by atoms with E-state index in [1.54, 1.807) is 11.3 Å². The average molecular weight is 289 g/mol. The molecule has 0 atom stereocenters. The van der Waals surface area contributed by atoms with E-state index in [-0.39, 0.29) is 0 Å². The van der Waals surface area contributed by atoms with Crippen molar-refractivity contribution in [1.82, 2.24) is 0 Å². The molecule has 0 aliphatic rings. The van der Waals surface area contributed by atoms with Crippen molar-refractivity contribution < 1.29 is 4.74 Å². The molecular weight excluding hydrogens is 280 g/mol. The van der Waals surface area contributed by atoms with Crippen LogP contribution in [-0.4, -0.2) is 6.61 Å². The molecule has 0 saturated carbocycles. The third kappa shape index (κ3) is 1.78. The number of thiophene rings is 1. The van der Waals surface area contributed by atoms with Crippen molar-refractivity contribution in [2.24, 2.45) is 0 Å². The summed E-state index contributed by atoms with van der Waals surface area (Å²) < 4.78 is 7.82. The van der Waals surface area contributed by atoms with Crippen molar-refractivity contribution in [3.05, 3.63) is 22.0 Å². The fraction of sp³-hybridized carbons (Fsp3) is 0.200. The molecule has 2 rings (SSSR count). The van der Waals surface area contributed by atoms with E-state index in [2.05, 4.69) is 28.6 Å². The zero-order chi connectivity index (χ0) is 10.1. The molecule has 0 fully saturated rings. The van der Waals surface area contributed by atoms with Crippen LogP contribution in [0.15, 0.2) is 26.9 Å². The average Bonchev–Trinajstić information content (AvgIpc) is 2.49. The normalized spacial score (nSPS) is 10.8. The van der Waals surface area contributed by atoms with Crippen molar-refractivity contribution in [2.45, 2.75) is 11.8 Å². The lowest BCUT2D eigenvalue weighted by Crippen LogP contribution is -1.89. The van der Waals surface area contributed by atoms with Crippen LogP contribution in [0.4, 0.5) is 0 Å². The second kappa shape index (κ2) is 4.13. The lowest BCUT2D eigenvalue weighted by molar-refractivity contribution is 0.345. The zero-order valence-electron chi connectivity index (χ0n) is 7.58. The Kier molecular flexibility index (Phi) is 3.04. The molecule has 0 unspecified atom stereocenters. The minimum Gasteiger partial charge on any atom is -0.492 e. The van der Waals surface area contributed by atoms with Crippen LogP contribution >= 0.6 is 39.9 Å². The van der Waals surface area contributed by atoms with Gasteiger partial charge in [-0.25, -0.2) is 0 Å². The fourth-order valence-electron chi connectivity index (χ4n) is 1.33. The largest absolute Gasteiger partial charge is 0.492 e. The number of hydrogen-bond acceptors (Lipinski definition) is 3. The summed E-state index contributed by atoms with van der Waals surface area (Å²) in [5.41, 5.74) is 0. The molecule has 1 aromatic carbocycles. The van der Waals surface area contributed by atoms with Gasteiger partial charge in [0.05, 0.1) is 11.3 Å². The second-order valence-electron chi connectivity index (χ2n) is 2.84. The maximum Gasteiger partial charge on any atom is 0.137 e. The highest BCUT2D eigenvalue weighted by atomic mass is 79.9. The van der Waals surface area contributed by atoms with Gasteiger partial charge in [0.2, 0.25) is 0 Å². The third-order valence-corrected chi connectivity index (χ3v) is 4.03. The van der Waals surface area contributed by atoms with Gasteiger partial charge >= 0.3 is 0 Å². The van der Waals surface area contributed by atoms with Gasteiger partial charge in [0, 0.05) is 20.1 Å². The quantitative estimate of drug-likeness (QED) is 0.809. The SMILES string of the molecule is CCOc1csc2c(Br)cc(S)cc12. The Morgan fingerprint density at radius 2 is 2.29 bits per heavy atom. The van der Waals surface area contributed by atoms with E-state index in [4.69, 9.17) is 4.74 Å². The van der Waals surface area contributed by atoms with Gasteiger partial charge in [-0.05, 0) is 35.0 Å². The number of ether oxygens (including phenoxy) is 1. The van der Waals surface area contributed by atoms with Crippen LogP contribution in [0.3, 0.4) is 0 Å². The minimum atomic E-state index is 0.695. The highest BCUT2D eigenvalue weighted by Crippen LogP contribution is 2.38. The Labute approximate surface area is 101 Å². The van der Waals surface area contributed by atoms with Gasteiger partial charge < -0.3 is 4.74 Å². The van der Waals surface area contributed by atoms with Gasteiger partial charge in [-0.1, -0.05) is 0 Å². The molecule has 0 saturated heterocycles. The monoisotopic (exact) mass is 288 g/mol. The summed E-state index contributed by atoms with van der Waals surface area (Å²) in [5.74, 6) is 0.948. The van der Waals surface area contributed by atoms with Crippen LogP contribution in [0.2, 0.25) is 0 Å². The lowest BCUT2D eigenvalue weighted by atomic mass is 10.2. The van der Waals surface area contributed by atoms with Crippen LogP contribution in [0.25, 0.3) is 10.1 Å². The molecule has 14 heavy (non-hydrogen) atoms. The van der Waals surface area contributed by atoms with Gasteiger partial charge in [0.15, 0.2) is 0 Å². The van der Waals surface area contributed by atoms with E-state index in [1.165, 1.54) is 4.70 Å². The van der Waals surface area contributed by atoms with Crippen molar-refractivity contribution in [2.75, 3.05) is 6.61 Å². The first-order chi connectivity index (χ1) is 6.72. The summed E-state index contributed by atoms with van der Waals surface area (Å²) in [6.07, 6.45) is 0. The molecule has 1 aromatic heterocycles. The van der Waals surface area contributed by atoms with Crippen LogP contribution < -0.4 is 4.74 Å². The van der Waals surface area contributed by atoms with E-state index in [0.717, 1.165) is 20.5 Å². The maximum absolute atomic E-state index is 5.52. The number of hydrogen-bond donors (Lipinski definition) is 1. The lowest BCUT2D eigenvalue weighted by Gasteiger charge is -2.01. The smallest absolute Gasteiger partial charge is 0.137 e. The van der Waals surface area contributed by atoms with Crippen LogP contribution in [0.5, 0.6) is 5.75 Å². The molecule has 4 heteroatoms.